The van der Waals surface area contributed by atoms with Crippen LogP contribution in [0.1, 0.15) is 5.69 Å². The van der Waals surface area contributed by atoms with Crippen molar-refractivity contribution >= 4 is 43.8 Å². The van der Waals surface area contributed by atoms with Crippen LogP contribution < -0.4 is 15.4 Å². The van der Waals surface area contributed by atoms with Crippen molar-refractivity contribution in [3.63, 3.8) is 0 Å². The minimum atomic E-state index is -3.87. The first-order valence-corrected chi connectivity index (χ1v) is 8.30. The van der Waals surface area contributed by atoms with Crippen molar-refractivity contribution in [3.05, 3.63) is 30.0 Å². The molecule has 1 aliphatic heterocycles. The normalized spacial score (nSPS) is 14.7. The Balaban J connectivity index is 2.16. The number of anilines is 3. The van der Waals surface area contributed by atoms with Gasteiger partial charge in [0, 0.05) is 0 Å². The monoisotopic (exact) mass is 324 g/mol. The fourth-order valence-corrected chi connectivity index (χ4v) is 5.00. The van der Waals surface area contributed by atoms with E-state index in [4.69, 9.17) is 5.73 Å². The van der Waals surface area contributed by atoms with Crippen molar-refractivity contribution in [2.24, 2.45) is 0 Å². The smallest absolute Gasteiger partial charge is 0.276 e. The number of sulfonamides is 1. The van der Waals surface area contributed by atoms with Crippen LogP contribution in [0.5, 0.6) is 0 Å². The van der Waals surface area contributed by atoms with Gasteiger partial charge in [0.2, 0.25) is 5.91 Å². The number of nitrogens with zero attached hydrogens (tertiary/aromatic N) is 2. The number of nitrogens with two attached hydrogens (primary N) is 1. The van der Waals surface area contributed by atoms with Gasteiger partial charge in [-0.05, 0) is 19.1 Å². The Morgan fingerprint density at radius 3 is 2.76 bits per heavy atom. The quantitative estimate of drug-likeness (QED) is 0.863. The standard InChI is InChI=1S/C12H12N4O3S2/c1-7-11(20-12(13)14-7)21(18,19)16-6-10(17)15-8-4-2-3-5-9(8)16/h2-5H,6H2,1H3,(H2,13,14)(H,15,17). The topological polar surface area (TPSA) is 105 Å². The molecule has 3 rings (SSSR count). The number of carbonyl (C=O) groups excluding carboxylic acids is 1. The van der Waals surface area contributed by atoms with Gasteiger partial charge in [-0.1, -0.05) is 23.5 Å². The van der Waals surface area contributed by atoms with E-state index in [2.05, 4.69) is 10.3 Å². The zero-order valence-electron chi connectivity index (χ0n) is 11.0. The van der Waals surface area contributed by atoms with Crippen LogP contribution in [0.2, 0.25) is 0 Å². The van der Waals surface area contributed by atoms with Crippen LogP contribution >= 0.6 is 11.3 Å². The van der Waals surface area contributed by atoms with Crippen LogP contribution in [0.3, 0.4) is 0 Å². The third kappa shape index (κ3) is 2.24. The third-order valence-electron chi connectivity index (χ3n) is 3.03. The Morgan fingerprint density at radius 2 is 2.10 bits per heavy atom. The minimum Gasteiger partial charge on any atom is -0.375 e. The Labute approximate surface area is 125 Å². The summed E-state index contributed by atoms with van der Waals surface area (Å²) < 4.78 is 26.7. The number of nitrogen functional groups attached to an aromatic ring is 1. The molecule has 0 spiro atoms. The van der Waals surface area contributed by atoms with E-state index >= 15 is 0 Å². The first-order chi connectivity index (χ1) is 9.89. The van der Waals surface area contributed by atoms with E-state index in [-0.39, 0.29) is 21.8 Å². The number of amides is 1. The highest BCUT2D eigenvalue weighted by molar-refractivity contribution is 7.95. The molecule has 1 aliphatic rings. The average molecular weight is 324 g/mol. The van der Waals surface area contributed by atoms with Gasteiger partial charge in [0.1, 0.15) is 6.54 Å². The first kappa shape index (κ1) is 13.8. The van der Waals surface area contributed by atoms with Gasteiger partial charge >= 0.3 is 0 Å². The molecule has 9 heteroatoms. The Kier molecular flexibility index (Phi) is 3.10. The molecule has 3 N–H and O–H groups in total. The molecule has 110 valence electrons. The molecule has 0 saturated heterocycles. The summed E-state index contributed by atoms with van der Waals surface area (Å²) in [6.07, 6.45) is 0. The molecule has 0 bridgehead atoms. The first-order valence-electron chi connectivity index (χ1n) is 6.04. The van der Waals surface area contributed by atoms with Crippen molar-refractivity contribution in [2.75, 3.05) is 21.9 Å². The van der Waals surface area contributed by atoms with E-state index in [1.165, 1.54) is 0 Å². The number of fused-ring (bicyclic) bond motifs is 1. The van der Waals surface area contributed by atoms with E-state index in [0.717, 1.165) is 15.6 Å². The fraction of sp³-hybridized carbons (Fsp3) is 0.167. The lowest BCUT2D eigenvalue weighted by Gasteiger charge is -2.29. The van der Waals surface area contributed by atoms with E-state index in [1.54, 1.807) is 31.2 Å². The van der Waals surface area contributed by atoms with Crippen LogP contribution in [-0.2, 0) is 14.8 Å². The van der Waals surface area contributed by atoms with Gasteiger partial charge in [-0.2, -0.15) is 0 Å². The Hall–Kier alpha value is -2.13. The maximum absolute atomic E-state index is 12.8. The molecule has 0 radical (unpaired) electrons. The summed E-state index contributed by atoms with van der Waals surface area (Å²) in [5, 5.41) is 2.83. The zero-order valence-corrected chi connectivity index (χ0v) is 12.7. The molecule has 0 unspecified atom stereocenters. The lowest BCUT2D eigenvalue weighted by atomic mass is 10.2. The minimum absolute atomic E-state index is 0.0597. The van der Waals surface area contributed by atoms with Crippen molar-refractivity contribution in [3.8, 4) is 0 Å². The van der Waals surface area contributed by atoms with Gasteiger partial charge in [0.15, 0.2) is 9.34 Å². The molecule has 2 aromatic rings. The number of aryl methyl sites for hydroxylation is 1. The van der Waals surface area contributed by atoms with Crippen LogP contribution in [0.4, 0.5) is 16.5 Å². The summed E-state index contributed by atoms with van der Waals surface area (Å²) in [5.74, 6) is -0.382. The highest BCUT2D eigenvalue weighted by atomic mass is 32.2. The van der Waals surface area contributed by atoms with Crippen molar-refractivity contribution < 1.29 is 13.2 Å². The highest BCUT2D eigenvalue weighted by Gasteiger charge is 2.34. The third-order valence-corrected chi connectivity index (χ3v) is 6.36. The molecule has 21 heavy (non-hydrogen) atoms. The predicted octanol–water partition coefficient (Wildman–Crippen LogP) is 1.18. The van der Waals surface area contributed by atoms with Crippen LogP contribution in [0, 0.1) is 6.92 Å². The Bertz CT molecular complexity index is 829. The summed E-state index contributed by atoms with van der Waals surface area (Å²) in [6.45, 7) is 1.31. The summed E-state index contributed by atoms with van der Waals surface area (Å²) in [4.78, 5) is 15.7. The number of benzene rings is 1. The van der Waals surface area contributed by atoms with Crippen molar-refractivity contribution in [2.45, 2.75) is 11.1 Å². The molecule has 0 aliphatic carbocycles. The molecular formula is C12H12N4O3S2. The van der Waals surface area contributed by atoms with Gasteiger partial charge in [-0.25, -0.2) is 13.4 Å². The largest absolute Gasteiger partial charge is 0.375 e. The van der Waals surface area contributed by atoms with Gasteiger partial charge in [0.25, 0.3) is 10.0 Å². The molecule has 7 nitrogen and oxygen atoms in total. The van der Waals surface area contributed by atoms with E-state index in [1.807, 2.05) is 0 Å². The molecule has 0 atom stereocenters. The number of para-hydroxylation sites is 2. The molecule has 0 fully saturated rings. The second kappa shape index (κ2) is 4.71. The predicted molar refractivity (Wildman–Crippen MR) is 80.9 cm³/mol. The summed E-state index contributed by atoms with van der Waals surface area (Å²) in [6, 6.07) is 6.74. The summed E-state index contributed by atoms with van der Waals surface area (Å²) in [7, 11) is -3.87. The van der Waals surface area contributed by atoms with Gasteiger partial charge in [0.05, 0.1) is 17.1 Å². The van der Waals surface area contributed by atoms with Crippen molar-refractivity contribution in [1.82, 2.24) is 4.98 Å². The molecule has 2 heterocycles. The SMILES string of the molecule is Cc1nc(N)sc1S(=O)(=O)N1CC(=O)Nc2ccccc21. The maximum Gasteiger partial charge on any atom is 0.276 e. The van der Waals surface area contributed by atoms with E-state index < -0.39 is 10.0 Å². The van der Waals surface area contributed by atoms with Crippen LogP contribution in [-0.4, -0.2) is 25.9 Å². The number of thiazole rings is 1. The maximum atomic E-state index is 12.8. The lowest BCUT2D eigenvalue weighted by molar-refractivity contribution is -0.115. The van der Waals surface area contributed by atoms with E-state index in [9.17, 15) is 13.2 Å². The number of nitrogens with one attached hydrogen (secondary N) is 1. The zero-order chi connectivity index (χ0) is 15.2. The summed E-state index contributed by atoms with van der Waals surface area (Å²) in [5.41, 5.74) is 6.81. The van der Waals surface area contributed by atoms with Crippen molar-refractivity contribution in [1.29, 1.82) is 0 Å². The second-order valence-corrected chi connectivity index (χ2v) is 7.59. The average Bonchev–Trinajstić information content (AvgIpc) is 2.77. The molecule has 1 aromatic carbocycles. The molecule has 1 aromatic heterocycles. The number of hydrogen-bond acceptors (Lipinski definition) is 6. The molecule has 1 amide bonds. The highest BCUT2D eigenvalue weighted by Crippen LogP contribution is 2.36. The van der Waals surface area contributed by atoms with E-state index in [0.29, 0.717) is 17.1 Å². The van der Waals surface area contributed by atoms with Gasteiger partial charge < -0.3 is 11.1 Å². The molecular weight excluding hydrogens is 312 g/mol. The molecule has 0 saturated carbocycles. The van der Waals surface area contributed by atoms with Crippen LogP contribution in [0.15, 0.2) is 28.5 Å². The van der Waals surface area contributed by atoms with Crippen LogP contribution in [0.25, 0.3) is 0 Å². The number of carbonyl (C=O) groups is 1. The fourth-order valence-electron chi connectivity index (χ4n) is 2.16. The number of hydrogen-bond donors (Lipinski definition) is 2. The number of aromatic nitrogens is 1. The lowest BCUT2D eigenvalue weighted by Crippen LogP contribution is -2.42. The van der Waals surface area contributed by atoms with Gasteiger partial charge in [-0.3, -0.25) is 9.10 Å². The second-order valence-electron chi connectivity index (χ2n) is 4.50. The van der Waals surface area contributed by atoms with Gasteiger partial charge in [-0.15, -0.1) is 0 Å². The Morgan fingerprint density at radius 1 is 1.38 bits per heavy atom. The number of rotatable bonds is 2. The summed E-state index contributed by atoms with van der Waals surface area (Å²) >= 11 is 0.896.